The van der Waals surface area contributed by atoms with Crippen molar-refractivity contribution in [2.45, 2.75) is 23.7 Å². The van der Waals surface area contributed by atoms with Gasteiger partial charge < -0.3 is 14.0 Å². The number of hydrogen-bond acceptors (Lipinski definition) is 7. The molecule has 1 fully saturated rings. The third kappa shape index (κ3) is 4.03. The summed E-state index contributed by atoms with van der Waals surface area (Å²) in [4.78, 5) is 4.79. The summed E-state index contributed by atoms with van der Waals surface area (Å²) in [5.41, 5.74) is 0.838. The lowest BCUT2D eigenvalue weighted by Gasteiger charge is -2.29. The molecule has 2 aromatic carbocycles. The average Bonchev–Trinajstić information content (AvgIpc) is 3.29. The number of sulfonamides is 1. The minimum Gasteiger partial charge on any atom is -0.497 e. The van der Waals surface area contributed by atoms with E-state index in [0.717, 1.165) is 11.3 Å². The molecule has 4 rings (SSSR count). The topological polar surface area (TPSA) is 94.8 Å². The van der Waals surface area contributed by atoms with Gasteiger partial charge in [0, 0.05) is 24.6 Å². The third-order valence-electron chi connectivity index (χ3n) is 5.29. The van der Waals surface area contributed by atoms with Gasteiger partial charge >= 0.3 is 0 Å². The van der Waals surface area contributed by atoms with Crippen LogP contribution in [-0.2, 0) is 10.0 Å². The van der Waals surface area contributed by atoms with E-state index in [1.807, 2.05) is 24.3 Å². The smallest absolute Gasteiger partial charge is 0.243 e. The summed E-state index contributed by atoms with van der Waals surface area (Å²) in [6, 6.07) is 13.9. The quantitative estimate of drug-likeness (QED) is 0.593. The lowest BCUT2D eigenvalue weighted by Crippen LogP contribution is -2.37. The molecule has 1 aliphatic heterocycles. The second kappa shape index (κ2) is 8.45. The van der Waals surface area contributed by atoms with Crippen molar-refractivity contribution in [3.05, 3.63) is 54.4 Å². The Morgan fingerprint density at radius 1 is 0.933 bits per heavy atom. The summed E-state index contributed by atoms with van der Waals surface area (Å²) in [6.07, 6.45) is 1.25. The Labute approximate surface area is 175 Å². The van der Waals surface area contributed by atoms with Crippen molar-refractivity contribution in [2.75, 3.05) is 27.3 Å². The van der Waals surface area contributed by atoms with Gasteiger partial charge in [-0.2, -0.15) is 9.29 Å². The van der Waals surface area contributed by atoms with Gasteiger partial charge in [0.25, 0.3) is 0 Å². The molecule has 158 valence electrons. The Hall–Kier alpha value is -2.91. The van der Waals surface area contributed by atoms with Crippen LogP contribution in [0.2, 0.25) is 0 Å². The third-order valence-corrected chi connectivity index (χ3v) is 7.20. The average molecular weight is 429 g/mol. The van der Waals surface area contributed by atoms with Crippen molar-refractivity contribution >= 4 is 10.0 Å². The number of benzene rings is 2. The Kier molecular flexibility index (Phi) is 5.74. The van der Waals surface area contributed by atoms with Gasteiger partial charge in [0.1, 0.15) is 11.5 Å². The molecule has 9 heteroatoms. The summed E-state index contributed by atoms with van der Waals surface area (Å²) in [7, 11) is -0.377. The number of hydrogen-bond donors (Lipinski definition) is 0. The van der Waals surface area contributed by atoms with Gasteiger partial charge in [-0.1, -0.05) is 5.16 Å². The number of rotatable bonds is 6. The predicted molar refractivity (Wildman–Crippen MR) is 110 cm³/mol. The van der Waals surface area contributed by atoms with Crippen molar-refractivity contribution in [2.24, 2.45) is 0 Å². The standard InChI is InChI=1S/C21H23N3O5S/c1-27-17-5-3-15(4-6-17)20-22-21(29-23-20)16-11-13-24(14-12-16)30(25,26)19-9-7-18(28-2)8-10-19/h3-10,16H,11-14H2,1-2H3. The van der Waals surface area contributed by atoms with Crippen LogP contribution < -0.4 is 9.47 Å². The molecule has 0 N–H and O–H groups in total. The molecule has 0 saturated carbocycles. The van der Waals surface area contributed by atoms with E-state index >= 15 is 0 Å². The van der Waals surface area contributed by atoms with Crippen LogP contribution in [0.25, 0.3) is 11.4 Å². The van der Waals surface area contributed by atoms with E-state index in [0.29, 0.717) is 43.4 Å². The molecule has 3 aromatic rings. The largest absolute Gasteiger partial charge is 0.497 e. The Balaban J connectivity index is 1.42. The fourth-order valence-electron chi connectivity index (χ4n) is 3.50. The Morgan fingerprint density at radius 2 is 1.50 bits per heavy atom. The van der Waals surface area contributed by atoms with Gasteiger partial charge in [-0.05, 0) is 61.4 Å². The molecule has 1 aromatic heterocycles. The lowest BCUT2D eigenvalue weighted by molar-refractivity contribution is 0.271. The monoisotopic (exact) mass is 429 g/mol. The first-order valence-electron chi connectivity index (χ1n) is 9.63. The molecule has 0 unspecified atom stereocenters. The number of aromatic nitrogens is 2. The normalized spacial score (nSPS) is 15.8. The summed E-state index contributed by atoms with van der Waals surface area (Å²) in [5, 5.41) is 4.08. The van der Waals surface area contributed by atoms with Crippen LogP contribution in [-0.4, -0.2) is 50.2 Å². The fourth-order valence-corrected chi connectivity index (χ4v) is 4.97. The maximum Gasteiger partial charge on any atom is 0.243 e. The van der Waals surface area contributed by atoms with E-state index in [4.69, 9.17) is 14.0 Å². The highest BCUT2D eigenvalue weighted by Gasteiger charge is 2.32. The zero-order chi connectivity index (χ0) is 21.1. The van der Waals surface area contributed by atoms with Crippen LogP contribution in [0, 0.1) is 0 Å². The Bertz CT molecular complexity index is 1090. The van der Waals surface area contributed by atoms with E-state index in [2.05, 4.69) is 10.1 Å². The zero-order valence-electron chi connectivity index (χ0n) is 16.8. The molecule has 0 bridgehead atoms. The van der Waals surface area contributed by atoms with Crippen molar-refractivity contribution in [3.63, 3.8) is 0 Å². The van der Waals surface area contributed by atoms with Crippen LogP contribution in [0.1, 0.15) is 24.7 Å². The summed E-state index contributed by atoms with van der Waals surface area (Å²) in [6.45, 7) is 0.804. The van der Waals surface area contributed by atoms with Crippen LogP contribution in [0.5, 0.6) is 11.5 Å². The van der Waals surface area contributed by atoms with E-state index in [9.17, 15) is 8.42 Å². The highest BCUT2D eigenvalue weighted by molar-refractivity contribution is 7.89. The highest BCUT2D eigenvalue weighted by atomic mass is 32.2. The second-order valence-electron chi connectivity index (χ2n) is 7.04. The number of ether oxygens (including phenoxy) is 2. The van der Waals surface area contributed by atoms with Gasteiger partial charge in [0.2, 0.25) is 21.7 Å². The fraction of sp³-hybridized carbons (Fsp3) is 0.333. The molecule has 1 aliphatic rings. The summed E-state index contributed by atoms with van der Waals surface area (Å²) in [5.74, 6) is 2.47. The van der Waals surface area contributed by atoms with E-state index in [-0.39, 0.29) is 10.8 Å². The first-order valence-corrected chi connectivity index (χ1v) is 11.1. The van der Waals surface area contributed by atoms with Crippen LogP contribution in [0.4, 0.5) is 0 Å². The van der Waals surface area contributed by atoms with Crippen molar-refractivity contribution in [3.8, 4) is 22.9 Å². The molecule has 2 heterocycles. The number of methoxy groups -OCH3 is 2. The predicted octanol–water partition coefficient (Wildman–Crippen LogP) is 3.32. The van der Waals surface area contributed by atoms with E-state index in [1.165, 1.54) is 4.31 Å². The minimum atomic E-state index is -3.54. The van der Waals surface area contributed by atoms with E-state index in [1.54, 1.807) is 38.5 Å². The van der Waals surface area contributed by atoms with Gasteiger partial charge in [0.15, 0.2) is 0 Å². The molecule has 0 amide bonds. The second-order valence-corrected chi connectivity index (χ2v) is 8.98. The SMILES string of the molecule is COc1ccc(-c2noc(C3CCN(S(=O)(=O)c4ccc(OC)cc4)CC3)n2)cc1. The maximum absolute atomic E-state index is 12.9. The van der Waals surface area contributed by atoms with Crippen molar-refractivity contribution in [1.82, 2.24) is 14.4 Å². The molecule has 8 nitrogen and oxygen atoms in total. The van der Waals surface area contributed by atoms with E-state index < -0.39 is 10.0 Å². The zero-order valence-corrected chi connectivity index (χ0v) is 17.6. The Morgan fingerprint density at radius 3 is 2.07 bits per heavy atom. The minimum absolute atomic E-state index is 0.0341. The molecular formula is C21H23N3O5S. The first-order chi connectivity index (χ1) is 14.5. The van der Waals surface area contributed by atoms with Gasteiger partial charge in [-0.3, -0.25) is 0 Å². The number of piperidine rings is 1. The number of nitrogens with zero attached hydrogens (tertiary/aromatic N) is 3. The summed E-state index contributed by atoms with van der Waals surface area (Å²) >= 11 is 0. The summed E-state index contributed by atoms with van der Waals surface area (Å²) < 4.78 is 43.0. The highest BCUT2D eigenvalue weighted by Crippen LogP contribution is 2.31. The van der Waals surface area contributed by atoms with Gasteiger partial charge in [-0.25, -0.2) is 8.42 Å². The molecular weight excluding hydrogens is 406 g/mol. The molecule has 0 aliphatic carbocycles. The van der Waals surface area contributed by atoms with Crippen LogP contribution in [0.3, 0.4) is 0 Å². The molecule has 1 saturated heterocycles. The molecule has 0 spiro atoms. The molecule has 30 heavy (non-hydrogen) atoms. The maximum atomic E-state index is 12.9. The van der Waals surface area contributed by atoms with Crippen LogP contribution in [0.15, 0.2) is 57.9 Å². The first kappa shape index (κ1) is 20.4. The lowest BCUT2D eigenvalue weighted by atomic mass is 9.98. The van der Waals surface area contributed by atoms with Crippen molar-refractivity contribution in [1.29, 1.82) is 0 Å². The molecule has 0 atom stereocenters. The van der Waals surface area contributed by atoms with Crippen LogP contribution >= 0.6 is 0 Å². The molecule has 0 radical (unpaired) electrons. The van der Waals surface area contributed by atoms with Crippen molar-refractivity contribution < 1.29 is 22.4 Å². The van der Waals surface area contributed by atoms with Gasteiger partial charge in [-0.15, -0.1) is 0 Å². The van der Waals surface area contributed by atoms with Gasteiger partial charge in [0.05, 0.1) is 19.1 Å².